The van der Waals surface area contributed by atoms with E-state index in [2.05, 4.69) is 11.2 Å². The molecule has 1 unspecified atom stereocenters. The number of rotatable bonds is 5. The van der Waals surface area contributed by atoms with Crippen LogP contribution in [0.25, 0.3) is 0 Å². The van der Waals surface area contributed by atoms with Crippen molar-refractivity contribution in [1.29, 1.82) is 0 Å². The number of ether oxygens (including phenoxy) is 1. The molecule has 0 amide bonds. The van der Waals surface area contributed by atoms with E-state index in [0.717, 1.165) is 25.4 Å². The van der Waals surface area contributed by atoms with Gasteiger partial charge in [-0.25, -0.2) is 0 Å². The minimum Gasteiger partial charge on any atom is -0.481 e. The highest BCUT2D eigenvalue weighted by Crippen LogP contribution is 2.09. The van der Waals surface area contributed by atoms with E-state index < -0.39 is 5.97 Å². The van der Waals surface area contributed by atoms with Crippen LogP contribution in [0.1, 0.15) is 6.42 Å². The highest BCUT2D eigenvalue weighted by molar-refractivity contribution is 7.98. The van der Waals surface area contributed by atoms with E-state index in [1.807, 2.05) is 11.8 Å². The summed E-state index contributed by atoms with van der Waals surface area (Å²) >= 11 is 1.81. The lowest BCUT2D eigenvalue weighted by atomic mass is 10.2. The monoisotopic (exact) mass is 219 g/mol. The maximum absolute atomic E-state index is 10.5. The highest BCUT2D eigenvalue weighted by Gasteiger charge is 2.21. The lowest BCUT2D eigenvalue weighted by molar-refractivity contribution is -0.142. The molecule has 0 bridgehead atoms. The van der Waals surface area contributed by atoms with Crippen molar-refractivity contribution in [3.8, 4) is 0 Å². The largest absolute Gasteiger partial charge is 0.481 e. The zero-order valence-electron chi connectivity index (χ0n) is 8.44. The molecule has 4 nitrogen and oxygen atoms in total. The predicted octanol–water partition coefficient (Wildman–Crippen LogP) is 0.525. The maximum Gasteiger partial charge on any atom is 0.306 e. The number of carboxylic acids is 1. The van der Waals surface area contributed by atoms with Gasteiger partial charge in [-0.1, -0.05) is 0 Å². The third-order valence-corrected chi connectivity index (χ3v) is 2.83. The number of hydrogen-bond donors (Lipinski definition) is 1. The first kappa shape index (κ1) is 11.8. The summed E-state index contributed by atoms with van der Waals surface area (Å²) in [6.45, 7) is 3.37. The smallest absolute Gasteiger partial charge is 0.306 e. The third kappa shape index (κ3) is 4.30. The van der Waals surface area contributed by atoms with Crippen molar-refractivity contribution in [2.75, 3.05) is 38.2 Å². The Balaban J connectivity index is 2.24. The standard InChI is InChI=1S/C9H17NO3S/c1-14-5-3-10-2-4-13-8(7-10)6-9(11)12/h8H,2-7H2,1H3,(H,11,12). The first-order chi connectivity index (χ1) is 6.72. The van der Waals surface area contributed by atoms with Crippen molar-refractivity contribution in [3.63, 3.8) is 0 Å². The van der Waals surface area contributed by atoms with Gasteiger partial charge in [-0.15, -0.1) is 0 Å². The Hall–Kier alpha value is -0.260. The number of nitrogens with zero attached hydrogens (tertiary/aromatic N) is 1. The molecule has 1 aliphatic heterocycles. The molecule has 1 aliphatic rings. The molecule has 0 aromatic carbocycles. The van der Waals surface area contributed by atoms with Gasteiger partial charge in [0, 0.05) is 25.4 Å². The van der Waals surface area contributed by atoms with E-state index in [0.29, 0.717) is 6.61 Å². The lowest BCUT2D eigenvalue weighted by Gasteiger charge is -2.31. The van der Waals surface area contributed by atoms with E-state index in [1.165, 1.54) is 0 Å². The summed E-state index contributed by atoms with van der Waals surface area (Å²) in [4.78, 5) is 12.8. The van der Waals surface area contributed by atoms with Crippen LogP contribution in [0, 0.1) is 0 Å². The molecule has 0 aliphatic carbocycles. The number of carbonyl (C=O) groups is 1. The van der Waals surface area contributed by atoms with Crippen LogP contribution < -0.4 is 0 Å². The Morgan fingerprint density at radius 1 is 1.71 bits per heavy atom. The fourth-order valence-electron chi connectivity index (χ4n) is 1.52. The average molecular weight is 219 g/mol. The van der Waals surface area contributed by atoms with Gasteiger partial charge in [0.15, 0.2) is 0 Å². The van der Waals surface area contributed by atoms with Crippen molar-refractivity contribution >= 4 is 17.7 Å². The van der Waals surface area contributed by atoms with Crippen LogP contribution in [0.3, 0.4) is 0 Å². The van der Waals surface area contributed by atoms with Crippen LogP contribution in [0.2, 0.25) is 0 Å². The lowest BCUT2D eigenvalue weighted by Crippen LogP contribution is -2.44. The van der Waals surface area contributed by atoms with Gasteiger partial charge in [0.2, 0.25) is 0 Å². The van der Waals surface area contributed by atoms with Crippen molar-refractivity contribution in [2.24, 2.45) is 0 Å². The number of thioether (sulfide) groups is 1. The third-order valence-electron chi connectivity index (χ3n) is 2.24. The minimum atomic E-state index is -0.776. The molecule has 14 heavy (non-hydrogen) atoms. The van der Waals surface area contributed by atoms with Gasteiger partial charge in [0.05, 0.1) is 19.1 Å². The second-order valence-corrected chi connectivity index (χ2v) is 4.37. The molecule has 1 fully saturated rings. The summed E-state index contributed by atoms with van der Waals surface area (Å²) in [7, 11) is 0. The summed E-state index contributed by atoms with van der Waals surface area (Å²) in [6.07, 6.45) is 2.08. The number of aliphatic carboxylic acids is 1. The van der Waals surface area contributed by atoms with Crippen LogP contribution in [0.5, 0.6) is 0 Å². The van der Waals surface area contributed by atoms with Gasteiger partial charge in [-0.05, 0) is 6.26 Å². The Labute approximate surface area is 88.6 Å². The zero-order chi connectivity index (χ0) is 10.4. The first-order valence-corrected chi connectivity index (χ1v) is 6.16. The summed E-state index contributed by atoms with van der Waals surface area (Å²) < 4.78 is 5.37. The van der Waals surface area contributed by atoms with Crippen LogP contribution in [-0.4, -0.2) is 60.3 Å². The summed E-state index contributed by atoms with van der Waals surface area (Å²) in [5.74, 6) is 0.321. The molecule has 1 N–H and O–H groups in total. The molecule has 1 rings (SSSR count). The van der Waals surface area contributed by atoms with Crippen molar-refractivity contribution < 1.29 is 14.6 Å². The van der Waals surface area contributed by atoms with E-state index in [-0.39, 0.29) is 12.5 Å². The molecule has 82 valence electrons. The second kappa shape index (κ2) is 6.27. The predicted molar refractivity (Wildman–Crippen MR) is 56.8 cm³/mol. The van der Waals surface area contributed by atoms with Crippen LogP contribution in [0.15, 0.2) is 0 Å². The average Bonchev–Trinajstić information content (AvgIpc) is 2.14. The second-order valence-electron chi connectivity index (χ2n) is 3.38. The van der Waals surface area contributed by atoms with Gasteiger partial charge < -0.3 is 9.84 Å². The topological polar surface area (TPSA) is 49.8 Å². The Bertz CT molecular complexity index is 189. The normalized spacial score (nSPS) is 23.6. The molecule has 5 heteroatoms. The van der Waals surface area contributed by atoms with Gasteiger partial charge >= 0.3 is 5.97 Å². The number of hydrogen-bond acceptors (Lipinski definition) is 4. The molecular weight excluding hydrogens is 202 g/mol. The quantitative estimate of drug-likeness (QED) is 0.730. The Kier molecular flexibility index (Phi) is 5.29. The molecule has 0 radical (unpaired) electrons. The molecule has 1 saturated heterocycles. The fourth-order valence-corrected chi connectivity index (χ4v) is 1.96. The molecule has 1 heterocycles. The minimum absolute atomic E-state index is 0.121. The van der Waals surface area contributed by atoms with Crippen LogP contribution in [0.4, 0.5) is 0 Å². The first-order valence-electron chi connectivity index (χ1n) is 4.77. The van der Waals surface area contributed by atoms with E-state index in [4.69, 9.17) is 9.84 Å². The maximum atomic E-state index is 10.5. The van der Waals surface area contributed by atoms with Crippen molar-refractivity contribution in [2.45, 2.75) is 12.5 Å². The number of carboxylic acid groups (broad SMARTS) is 1. The van der Waals surface area contributed by atoms with Gasteiger partial charge in [-0.2, -0.15) is 11.8 Å². The van der Waals surface area contributed by atoms with Gasteiger partial charge in [0.25, 0.3) is 0 Å². The van der Waals surface area contributed by atoms with E-state index >= 15 is 0 Å². The summed E-state index contributed by atoms with van der Waals surface area (Å²) in [5, 5.41) is 8.63. The molecule has 0 aromatic heterocycles. The van der Waals surface area contributed by atoms with E-state index in [1.54, 1.807) is 0 Å². The van der Waals surface area contributed by atoms with Crippen LogP contribution in [-0.2, 0) is 9.53 Å². The molecule has 0 spiro atoms. The van der Waals surface area contributed by atoms with Crippen molar-refractivity contribution in [1.82, 2.24) is 4.90 Å². The molecule has 0 aromatic rings. The highest BCUT2D eigenvalue weighted by atomic mass is 32.2. The zero-order valence-corrected chi connectivity index (χ0v) is 9.26. The summed E-state index contributed by atoms with van der Waals surface area (Å²) in [6, 6.07) is 0. The van der Waals surface area contributed by atoms with E-state index in [9.17, 15) is 4.79 Å². The molecule has 1 atom stereocenters. The number of morpholine rings is 1. The molecule has 0 saturated carbocycles. The van der Waals surface area contributed by atoms with Gasteiger partial charge in [-0.3, -0.25) is 9.69 Å². The molecular formula is C9H17NO3S. The fraction of sp³-hybridized carbons (Fsp3) is 0.889. The van der Waals surface area contributed by atoms with Crippen LogP contribution >= 0.6 is 11.8 Å². The van der Waals surface area contributed by atoms with Crippen molar-refractivity contribution in [3.05, 3.63) is 0 Å². The summed E-state index contributed by atoms with van der Waals surface area (Å²) in [5.41, 5.74) is 0. The Morgan fingerprint density at radius 2 is 2.50 bits per heavy atom. The Morgan fingerprint density at radius 3 is 3.14 bits per heavy atom. The SMILES string of the molecule is CSCCN1CCOC(CC(=O)O)C1. The van der Waals surface area contributed by atoms with Gasteiger partial charge in [0.1, 0.15) is 0 Å².